The third kappa shape index (κ3) is 10.3. The number of alkyl halides is 1. The minimum Gasteiger partial charge on any atom is -0.465 e. The standard InChI is InChI=1S/C24H35ClO5/c1-18(2)23(25)13-14-24(5,30-20(4)27)22(17-29-19(3)26)12-9-15-28-16-21-10-7-6-8-11-21/h6-8,10-11,22-23H,1,9,12-17H2,2-5H3/t22-,23-,24-/m1/s1. The lowest BCUT2D eigenvalue weighted by Crippen LogP contribution is -2.42. The molecule has 0 amide bonds. The molecule has 1 rings (SSSR count). The predicted octanol–water partition coefficient (Wildman–Crippen LogP) is 5.45. The van der Waals surface area contributed by atoms with Crippen LogP contribution in [-0.2, 0) is 30.4 Å². The van der Waals surface area contributed by atoms with E-state index in [4.69, 9.17) is 25.8 Å². The van der Waals surface area contributed by atoms with Crippen LogP contribution in [0, 0.1) is 5.92 Å². The number of benzene rings is 1. The van der Waals surface area contributed by atoms with Crippen LogP contribution in [0.3, 0.4) is 0 Å². The van der Waals surface area contributed by atoms with Gasteiger partial charge in [0, 0.05) is 26.4 Å². The summed E-state index contributed by atoms with van der Waals surface area (Å²) in [6.45, 7) is 11.7. The van der Waals surface area contributed by atoms with Crippen LogP contribution < -0.4 is 0 Å². The van der Waals surface area contributed by atoms with Crippen molar-refractivity contribution < 1.29 is 23.8 Å². The molecular weight excluding hydrogens is 404 g/mol. The SMILES string of the molecule is C=C(C)[C@H](Cl)CC[C@@](C)(OC(C)=O)[C@H](CCCOCc1ccccc1)COC(C)=O. The van der Waals surface area contributed by atoms with Gasteiger partial charge in [-0.2, -0.15) is 0 Å². The lowest BCUT2D eigenvalue weighted by molar-refractivity contribution is -0.167. The zero-order valence-corrected chi connectivity index (χ0v) is 19.4. The Morgan fingerprint density at radius 3 is 2.33 bits per heavy atom. The number of rotatable bonds is 14. The van der Waals surface area contributed by atoms with E-state index in [1.54, 1.807) is 0 Å². The van der Waals surface area contributed by atoms with Gasteiger partial charge < -0.3 is 14.2 Å². The maximum atomic E-state index is 11.8. The highest BCUT2D eigenvalue weighted by Crippen LogP contribution is 2.33. The average Bonchev–Trinajstić information content (AvgIpc) is 2.68. The molecule has 1 aromatic rings. The summed E-state index contributed by atoms with van der Waals surface area (Å²) in [7, 11) is 0. The van der Waals surface area contributed by atoms with Gasteiger partial charge in [0.1, 0.15) is 5.60 Å². The van der Waals surface area contributed by atoms with Gasteiger partial charge in [-0.3, -0.25) is 9.59 Å². The summed E-state index contributed by atoms with van der Waals surface area (Å²) < 4.78 is 16.8. The van der Waals surface area contributed by atoms with Gasteiger partial charge in [0.15, 0.2) is 0 Å². The van der Waals surface area contributed by atoms with E-state index in [-0.39, 0.29) is 29.8 Å². The molecule has 6 heteroatoms. The molecule has 0 fully saturated rings. The molecule has 0 radical (unpaired) electrons. The van der Waals surface area contributed by atoms with Crippen LogP contribution in [0.25, 0.3) is 0 Å². The number of halogens is 1. The van der Waals surface area contributed by atoms with Crippen LogP contribution in [0.4, 0.5) is 0 Å². The molecule has 30 heavy (non-hydrogen) atoms. The summed E-state index contributed by atoms with van der Waals surface area (Å²) in [4.78, 5) is 23.2. The van der Waals surface area contributed by atoms with Gasteiger partial charge >= 0.3 is 11.9 Å². The van der Waals surface area contributed by atoms with Crippen molar-refractivity contribution in [1.82, 2.24) is 0 Å². The van der Waals surface area contributed by atoms with E-state index in [1.807, 2.05) is 44.2 Å². The number of carbonyl (C=O) groups excluding carboxylic acids is 2. The zero-order valence-electron chi connectivity index (χ0n) is 18.6. The summed E-state index contributed by atoms with van der Waals surface area (Å²) in [5, 5.41) is -0.205. The first-order chi connectivity index (χ1) is 14.1. The second-order valence-corrected chi connectivity index (χ2v) is 8.47. The Kier molecular flexibility index (Phi) is 11.7. The molecule has 0 heterocycles. The van der Waals surface area contributed by atoms with E-state index in [1.165, 1.54) is 13.8 Å². The minimum absolute atomic E-state index is 0.167. The molecule has 3 atom stereocenters. The third-order valence-electron chi connectivity index (χ3n) is 5.11. The fourth-order valence-corrected chi connectivity index (χ4v) is 3.41. The molecule has 0 N–H and O–H groups in total. The second kappa shape index (κ2) is 13.5. The fourth-order valence-electron chi connectivity index (χ4n) is 3.31. The lowest BCUT2D eigenvalue weighted by Gasteiger charge is -2.37. The summed E-state index contributed by atoms with van der Waals surface area (Å²) in [5.74, 6) is -0.894. The van der Waals surface area contributed by atoms with Crippen molar-refractivity contribution in [2.24, 2.45) is 5.92 Å². The van der Waals surface area contributed by atoms with Gasteiger partial charge in [-0.05, 0) is 45.1 Å². The molecule has 168 valence electrons. The molecule has 0 aromatic heterocycles. The highest BCUT2D eigenvalue weighted by Gasteiger charge is 2.38. The second-order valence-electron chi connectivity index (χ2n) is 7.94. The van der Waals surface area contributed by atoms with Crippen LogP contribution >= 0.6 is 11.6 Å². The molecule has 0 bridgehead atoms. The molecule has 0 aliphatic heterocycles. The van der Waals surface area contributed by atoms with Crippen molar-refractivity contribution in [3.63, 3.8) is 0 Å². The van der Waals surface area contributed by atoms with Crippen molar-refractivity contribution in [3.8, 4) is 0 Å². The Bertz CT molecular complexity index is 675. The van der Waals surface area contributed by atoms with Crippen LogP contribution in [-0.4, -0.2) is 36.1 Å². The molecule has 0 saturated carbocycles. The van der Waals surface area contributed by atoms with Gasteiger partial charge in [-0.15, -0.1) is 11.6 Å². The first kappa shape index (κ1) is 26.2. The van der Waals surface area contributed by atoms with Crippen LogP contribution in [0.1, 0.15) is 58.9 Å². The van der Waals surface area contributed by atoms with Crippen molar-refractivity contribution in [1.29, 1.82) is 0 Å². The van der Waals surface area contributed by atoms with Crippen molar-refractivity contribution in [2.75, 3.05) is 13.2 Å². The first-order valence-electron chi connectivity index (χ1n) is 10.4. The number of allylic oxidation sites excluding steroid dienone is 1. The molecule has 5 nitrogen and oxygen atoms in total. The quantitative estimate of drug-likeness (QED) is 0.167. The molecule has 0 aliphatic rings. The van der Waals surface area contributed by atoms with Crippen molar-refractivity contribution in [3.05, 3.63) is 48.0 Å². The van der Waals surface area contributed by atoms with Crippen molar-refractivity contribution >= 4 is 23.5 Å². The van der Waals surface area contributed by atoms with Crippen molar-refractivity contribution in [2.45, 2.75) is 71.0 Å². The minimum atomic E-state index is -0.802. The molecular formula is C24H35ClO5. The number of hydrogen-bond donors (Lipinski definition) is 0. The van der Waals surface area contributed by atoms with Gasteiger partial charge in [-0.25, -0.2) is 0 Å². The number of carbonyl (C=O) groups is 2. The first-order valence-corrected chi connectivity index (χ1v) is 10.8. The maximum Gasteiger partial charge on any atom is 0.303 e. The van der Waals surface area contributed by atoms with Gasteiger partial charge in [0.2, 0.25) is 0 Å². The molecule has 0 unspecified atom stereocenters. The fraction of sp³-hybridized carbons (Fsp3) is 0.583. The summed E-state index contributed by atoms with van der Waals surface area (Å²) in [6, 6.07) is 9.97. The molecule has 0 saturated heterocycles. The van der Waals surface area contributed by atoms with Gasteiger partial charge in [0.25, 0.3) is 0 Å². The predicted molar refractivity (Wildman–Crippen MR) is 119 cm³/mol. The van der Waals surface area contributed by atoms with Gasteiger partial charge in [0.05, 0.1) is 18.6 Å². The highest BCUT2D eigenvalue weighted by atomic mass is 35.5. The summed E-state index contributed by atoms with van der Waals surface area (Å²) in [6.07, 6.45) is 2.60. The lowest BCUT2D eigenvalue weighted by atomic mass is 9.81. The smallest absolute Gasteiger partial charge is 0.303 e. The summed E-state index contributed by atoms with van der Waals surface area (Å²) in [5.41, 5.74) is 1.18. The topological polar surface area (TPSA) is 61.8 Å². The molecule has 0 aliphatic carbocycles. The number of hydrogen-bond acceptors (Lipinski definition) is 5. The maximum absolute atomic E-state index is 11.8. The average molecular weight is 439 g/mol. The monoisotopic (exact) mass is 438 g/mol. The third-order valence-corrected chi connectivity index (χ3v) is 5.70. The Balaban J connectivity index is 2.73. The van der Waals surface area contributed by atoms with E-state index in [0.29, 0.717) is 32.5 Å². The Hall–Kier alpha value is -1.85. The van der Waals surface area contributed by atoms with E-state index in [9.17, 15) is 9.59 Å². The van der Waals surface area contributed by atoms with E-state index < -0.39 is 5.60 Å². The molecule has 1 aromatic carbocycles. The Labute approximate surface area is 185 Å². The Morgan fingerprint density at radius 2 is 1.77 bits per heavy atom. The van der Waals surface area contributed by atoms with E-state index >= 15 is 0 Å². The Morgan fingerprint density at radius 1 is 1.10 bits per heavy atom. The van der Waals surface area contributed by atoms with Crippen LogP contribution in [0.15, 0.2) is 42.5 Å². The van der Waals surface area contributed by atoms with E-state index in [0.717, 1.165) is 17.6 Å². The highest BCUT2D eigenvalue weighted by molar-refractivity contribution is 6.22. The summed E-state index contributed by atoms with van der Waals surface area (Å²) >= 11 is 6.35. The molecule has 0 spiro atoms. The largest absolute Gasteiger partial charge is 0.465 e. The normalized spacial score (nSPS) is 15.0. The van der Waals surface area contributed by atoms with Crippen LogP contribution in [0.5, 0.6) is 0 Å². The number of esters is 2. The number of ether oxygens (including phenoxy) is 3. The zero-order chi connectivity index (χ0) is 22.6. The van der Waals surface area contributed by atoms with Crippen LogP contribution in [0.2, 0.25) is 0 Å². The van der Waals surface area contributed by atoms with E-state index in [2.05, 4.69) is 6.58 Å². The van der Waals surface area contributed by atoms with Gasteiger partial charge in [-0.1, -0.05) is 42.5 Å².